The van der Waals surface area contributed by atoms with Gasteiger partial charge in [0.15, 0.2) is 22.7 Å². The van der Waals surface area contributed by atoms with Crippen LogP contribution in [-0.4, -0.2) is 19.9 Å². The highest BCUT2D eigenvalue weighted by molar-refractivity contribution is 7.87. The summed E-state index contributed by atoms with van der Waals surface area (Å²) < 4.78 is 34.0. The first kappa shape index (κ1) is 13.3. The third-order valence-corrected chi connectivity index (χ3v) is 3.95. The molecule has 0 bridgehead atoms. The quantitative estimate of drug-likeness (QED) is 0.628. The fourth-order valence-corrected chi connectivity index (χ4v) is 2.91. The second-order valence-electron chi connectivity index (χ2n) is 3.85. The molecule has 1 aromatic heterocycles. The summed E-state index contributed by atoms with van der Waals surface area (Å²) in [6.07, 6.45) is 0.526. The predicted octanol–water partition coefficient (Wildman–Crippen LogP) is 1.87. The summed E-state index contributed by atoms with van der Waals surface area (Å²) in [5.41, 5.74) is 0.360. The van der Waals surface area contributed by atoms with E-state index in [1.54, 1.807) is 12.1 Å². The van der Waals surface area contributed by atoms with Crippen molar-refractivity contribution in [1.82, 2.24) is 5.16 Å². The molecule has 0 atom stereocenters. The van der Waals surface area contributed by atoms with Crippen LogP contribution in [0.4, 0.5) is 0 Å². The zero-order chi connectivity index (χ0) is 14.0. The number of carbonyl (C=O) groups is 1. The number of aryl methyl sites for hydroxylation is 2. The number of aromatic nitrogens is 1. The highest BCUT2D eigenvalue weighted by Crippen LogP contribution is 2.25. The van der Waals surface area contributed by atoms with Crippen LogP contribution < -0.4 is 4.18 Å². The van der Waals surface area contributed by atoms with Crippen LogP contribution in [0, 0.1) is 13.8 Å². The van der Waals surface area contributed by atoms with Gasteiger partial charge < -0.3 is 8.71 Å². The van der Waals surface area contributed by atoms with E-state index in [1.807, 2.05) is 0 Å². The topological polar surface area (TPSA) is 86.5 Å². The molecule has 0 aliphatic heterocycles. The smallest absolute Gasteiger partial charge is 0.344 e. The summed E-state index contributed by atoms with van der Waals surface area (Å²) in [5.74, 6) is 0.110. The summed E-state index contributed by atoms with van der Waals surface area (Å²) in [6.45, 7) is 2.97. The van der Waals surface area contributed by atoms with Gasteiger partial charge in [-0.15, -0.1) is 0 Å². The van der Waals surface area contributed by atoms with Crippen LogP contribution >= 0.6 is 0 Å². The van der Waals surface area contributed by atoms with Crippen molar-refractivity contribution in [2.45, 2.75) is 18.7 Å². The molecule has 2 rings (SSSR count). The Morgan fingerprint density at radius 1 is 1.26 bits per heavy atom. The fraction of sp³-hybridized carbons (Fsp3) is 0.167. The fourth-order valence-electron chi connectivity index (χ4n) is 1.65. The Bertz CT molecular complexity index is 698. The Kier molecular flexibility index (Phi) is 3.39. The Morgan fingerprint density at radius 3 is 2.53 bits per heavy atom. The van der Waals surface area contributed by atoms with Gasteiger partial charge >= 0.3 is 10.1 Å². The maximum Gasteiger partial charge on any atom is 0.344 e. The number of para-hydroxylation sites is 1. The molecule has 19 heavy (non-hydrogen) atoms. The molecule has 0 saturated heterocycles. The van der Waals surface area contributed by atoms with Gasteiger partial charge in [0.05, 0.1) is 5.56 Å². The lowest BCUT2D eigenvalue weighted by Crippen LogP contribution is -2.12. The SMILES string of the molecule is Cc1noc(C)c1S(=O)(=O)Oc1ccccc1C=O. The van der Waals surface area contributed by atoms with Gasteiger partial charge in [0, 0.05) is 0 Å². The molecule has 0 saturated carbocycles. The maximum atomic E-state index is 12.1. The first-order valence-corrected chi connectivity index (χ1v) is 6.78. The van der Waals surface area contributed by atoms with Crippen molar-refractivity contribution in [3.05, 3.63) is 41.3 Å². The minimum atomic E-state index is -4.08. The van der Waals surface area contributed by atoms with E-state index in [0.29, 0.717) is 6.29 Å². The van der Waals surface area contributed by atoms with Crippen LogP contribution in [-0.2, 0) is 10.1 Å². The van der Waals surface area contributed by atoms with Gasteiger partial charge in [-0.25, -0.2) is 0 Å². The summed E-state index contributed by atoms with van der Waals surface area (Å²) in [6, 6.07) is 6.05. The van der Waals surface area contributed by atoms with E-state index in [9.17, 15) is 13.2 Å². The zero-order valence-corrected chi connectivity index (χ0v) is 11.1. The highest BCUT2D eigenvalue weighted by Gasteiger charge is 2.27. The molecule has 0 spiro atoms. The number of rotatable bonds is 4. The van der Waals surface area contributed by atoms with Crippen LogP contribution in [0.5, 0.6) is 5.75 Å². The van der Waals surface area contributed by atoms with Crippen LogP contribution in [0.1, 0.15) is 21.8 Å². The van der Waals surface area contributed by atoms with Crippen LogP contribution in [0.2, 0.25) is 0 Å². The van der Waals surface area contributed by atoms with Crippen molar-refractivity contribution in [2.24, 2.45) is 0 Å². The van der Waals surface area contributed by atoms with E-state index in [-0.39, 0.29) is 27.7 Å². The van der Waals surface area contributed by atoms with Crippen LogP contribution in [0.3, 0.4) is 0 Å². The molecule has 0 radical (unpaired) electrons. The minimum Gasteiger partial charge on any atom is -0.378 e. The summed E-state index contributed by atoms with van der Waals surface area (Å²) in [4.78, 5) is 10.7. The monoisotopic (exact) mass is 281 g/mol. The van der Waals surface area contributed by atoms with Gasteiger partial charge in [0.1, 0.15) is 5.69 Å². The molecule has 6 nitrogen and oxygen atoms in total. The molecule has 100 valence electrons. The maximum absolute atomic E-state index is 12.1. The number of benzene rings is 1. The summed E-state index contributed by atoms with van der Waals surface area (Å²) >= 11 is 0. The number of hydrogen-bond donors (Lipinski definition) is 0. The molecule has 0 aliphatic carbocycles. The van der Waals surface area contributed by atoms with Crippen molar-refractivity contribution in [2.75, 3.05) is 0 Å². The van der Waals surface area contributed by atoms with E-state index >= 15 is 0 Å². The summed E-state index contributed by atoms with van der Waals surface area (Å²) in [5, 5.41) is 3.56. The van der Waals surface area contributed by atoms with Crippen LogP contribution in [0.25, 0.3) is 0 Å². The van der Waals surface area contributed by atoms with Gasteiger partial charge in [-0.3, -0.25) is 4.79 Å². The summed E-state index contributed by atoms with van der Waals surface area (Å²) in [7, 11) is -4.08. The Labute approximate surface area is 110 Å². The second kappa shape index (κ2) is 4.85. The molecule has 0 amide bonds. The van der Waals surface area contributed by atoms with Crippen molar-refractivity contribution < 1.29 is 21.9 Å². The standard InChI is InChI=1S/C12H11NO5S/c1-8-12(9(2)17-13-8)19(15,16)18-11-6-4-3-5-10(11)7-14/h3-7H,1-2H3. The van der Waals surface area contributed by atoms with Gasteiger partial charge in [-0.1, -0.05) is 17.3 Å². The molecule has 0 unspecified atom stereocenters. The van der Waals surface area contributed by atoms with Crippen molar-refractivity contribution >= 4 is 16.4 Å². The first-order valence-electron chi connectivity index (χ1n) is 5.37. The minimum absolute atomic E-state index is 0.0301. The third-order valence-electron chi connectivity index (χ3n) is 2.46. The average Bonchev–Trinajstić information content (AvgIpc) is 2.70. The molecular formula is C12H11NO5S. The Balaban J connectivity index is 2.45. The van der Waals surface area contributed by atoms with E-state index in [4.69, 9.17) is 8.71 Å². The Hall–Kier alpha value is -2.15. The average molecular weight is 281 g/mol. The first-order chi connectivity index (χ1) is 8.95. The number of carbonyl (C=O) groups excluding carboxylic acids is 1. The van der Waals surface area contributed by atoms with Gasteiger partial charge in [-0.2, -0.15) is 8.42 Å². The number of nitrogens with zero attached hydrogens (tertiary/aromatic N) is 1. The molecule has 7 heteroatoms. The van der Waals surface area contributed by atoms with Crippen molar-refractivity contribution in [1.29, 1.82) is 0 Å². The van der Waals surface area contributed by atoms with Crippen LogP contribution in [0.15, 0.2) is 33.7 Å². The van der Waals surface area contributed by atoms with Gasteiger partial charge in [0.2, 0.25) is 0 Å². The molecular weight excluding hydrogens is 270 g/mol. The zero-order valence-electron chi connectivity index (χ0n) is 10.3. The number of aldehydes is 1. The highest BCUT2D eigenvalue weighted by atomic mass is 32.2. The lowest BCUT2D eigenvalue weighted by molar-refractivity contribution is 0.112. The van der Waals surface area contributed by atoms with Crippen molar-refractivity contribution in [3.63, 3.8) is 0 Å². The normalized spacial score (nSPS) is 11.3. The van der Waals surface area contributed by atoms with E-state index < -0.39 is 10.1 Å². The molecule has 0 N–H and O–H groups in total. The lowest BCUT2D eigenvalue weighted by Gasteiger charge is -2.07. The lowest BCUT2D eigenvalue weighted by atomic mass is 10.2. The molecule has 0 fully saturated rings. The second-order valence-corrected chi connectivity index (χ2v) is 5.33. The van der Waals surface area contributed by atoms with E-state index in [1.165, 1.54) is 26.0 Å². The molecule has 1 aromatic carbocycles. The van der Waals surface area contributed by atoms with E-state index in [2.05, 4.69) is 5.16 Å². The van der Waals surface area contributed by atoms with Gasteiger partial charge in [0.25, 0.3) is 0 Å². The largest absolute Gasteiger partial charge is 0.378 e. The van der Waals surface area contributed by atoms with Gasteiger partial charge in [-0.05, 0) is 26.0 Å². The third kappa shape index (κ3) is 2.50. The van der Waals surface area contributed by atoms with Crippen molar-refractivity contribution in [3.8, 4) is 5.75 Å². The Morgan fingerprint density at radius 2 is 1.95 bits per heavy atom. The molecule has 0 aliphatic rings. The number of hydrogen-bond acceptors (Lipinski definition) is 6. The van der Waals surface area contributed by atoms with E-state index in [0.717, 1.165) is 0 Å². The predicted molar refractivity (Wildman–Crippen MR) is 65.6 cm³/mol. The molecule has 1 heterocycles. The molecule has 2 aromatic rings.